The van der Waals surface area contributed by atoms with Crippen LogP contribution < -0.4 is 4.90 Å². The Bertz CT molecular complexity index is 444. The van der Waals surface area contributed by atoms with E-state index in [2.05, 4.69) is 9.88 Å². The van der Waals surface area contributed by atoms with E-state index in [1.807, 2.05) is 13.0 Å². The number of piperidine rings is 1. The van der Waals surface area contributed by atoms with Crippen LogP contribution in [0.3, 0.4) is 0 Å². The predicted octanol–water partition coefficient (Wildman–Crippen LogP) is 1.53. The van der Waals surface area contributed by atoms with Gasteiger partial charge in [-0.05, 0) is 38.3 Å². The summed E-state index contributed by atoms with van der Waals surface area (Å²) in [6.07, 6.45) is 5.29. The minimum Gasteiger partial charge on any atom is -0.395 e. The summed E-state index contributed by atoms with van der Waals surface area (Å²) in [6, 6.07) is 3.63. The number of pyridine rings is 1. The zero-order valence-corrected chi connectivity index (χ0v) is 12.1. The average Bonchev–Trinajstić information content (AvgIpc) is 2.53. The molecule has 0 bridgehead atoms. The molecule has 1 N–H and O–H groups in total. The molecule has 1 aliphatic rings. The number of hydrogen-bond donors (Lipinski definition) is 1. The Labute approximate surface area is 120 Å². The van der Waals surface area contributed by atoms with Crippen molar-refractivity contribution in [3.8, 4) is 0 Å². The summed E-state index contributed by atoms with van der Waals surface area (Å²) >= 11 is 0. The van der Waals surface area contributed by atoms with Crippen LogP contribution in [0.5, 0.6) is 0 Å². The van der Waals surface area contributed by atoms with E-state index < -0.39 is 0 Å². The van der Waals surface area contributed by atoms with Crippen molar-refractivity contribution in [3.05, 3.63) is 23.9 Å². The number of aliphatic hydroxyl groups excluding tert-OH is 1. The van der Waals surface area contributed by atoms with Crippen molar-refractivity contribution in [1.29, 1.82) is 0 Å². The van der Waals surface area contributed by atoms with Gasteiger partial charge in [-0.1, -0.05) is 0 Å². The molecule has 5 heteroatoms. The van der Waals surface area contributed by atoms with Gasteiger partial charge in [0, 0.05) is 32.4 Å². The molecule has 110 valence electrons. The number of amides is 1. The predicted molar refractivity (Wildman–Crippen MR) is 79.0 cm³/mol. The second-order valence-electron chi connectivity index (χ2n) is 5.03. The molecule has 1 aliphatic heterocycles. The molecule has 0 aromatic carbocycles. The lowest BCUT2D eigenvalue weighted by molar-refractivity contribution is 0.0732. The number of rotatable bonds is 5. The van der Waals surface area contributed by atoms with Gasteiger partial charge in [0.05, 0.1) is 12.2 Å². The standard InChI is InChI=1S/C15H23N3O2/c1-2-17(11-12-19)15(20)13-7-6-8-16-14(13)18-9-4-3-5-10-18/h6-8,19H,2-5,9-12H2,1H3. The Morgan fingerprint density at radius 3 is 2.80 bits per heavy atom. The summed E-state index contributed by atoms with van der Waals surface area (Å²) in [4.78, 5) is 20.8. The summed E-state index contributed by atoms with van der Waals surface area (Å²) in [7, 11) is 0. The first kappa shape index (κ1) is 14.8. The number of aliphatic hydroxyl groups is 1. The third kappa shape index (κ3) is 3.28. The molecule has 2 heterocycles. The molecular weight excluding hydrogens is 254 g/mol. The maximum absolute atomic E-state index is 12.6. The first-order valence-electron chi connectivity index (χ1n) is 7.38. The third-order valence-corrected chi connectivity index (χ3v) is 3.71. The second-order valence-corrected chi connectivity index (χ2v) is 5.03. The van der Waals surface area contributed by atoms with Crippen molar-refractivity contribution in [2.45, 2.75) is 26.2 Å². The molecule has 1 amide bonds. The van der Waals surface area contributed by atoms with Crippen molar-refractivity contribution in [2.75, 3.05) is 37.7 Å². The fraction of sp³-hybridized carbons (Fsp3) is 0.600. The average molecular weight is 277 g/mol. The van der Waals surface area contributed by atoms with Crippen LogP contribution in [-0.4, -0.2) is 53.7 Å². The van der Waals surface area contributed by atoms with Gasteiger partial charge >= 0.3 is 0 Å². The number of likely N-dealkylation sites (N-methyl/N-ethyl adjacent to an activating group) is 1. The van der Waals surface area contributed by atoms with Gasteiger partial charge in [-0.25, -0.2) is 4.98 Å². The largest absolute Gasteiger partial charge is 0.395 e. The molecule has 0 atom stereocenters. The van der Waals surface area contributed by atoms with Gasteiger partial charge in [0.25, 0.3) is 5.91 Å². The molecule has 0 radical (unpaired) electrons. The van der Waals surface area contributed by atoms with Gasteiger partial charge in [-0.3, -0.25) is 4.79 Å². The lowest BCUT2D eigenvalue weighted by atomic mass is 10.1. The number of aromatic nitrogens is 1. The van der Waals surface area contributed by atoms with E-state index in [4.69, 9.17) is 5.11 Å². The minimum absolute atomic E-state index is 0.0150. The Morgan fingerprint density at radius 2 is 2.15 bits per heavy atom. The van der Waals surface area contributed by atoms with Crippen LogP contribution in [-0.2, 0) is 0 Å². The molecule has 1 fully saturated rings. The van der Waals surface area contributed by atoms with Crippen LogP contribution in [0.15, 0.2) is 18.3 Å². The van der Waals surface area contributed by atoms with Gasteiger partial charge in [0.15, 0.2) is 0 Å². The smallest absolute Gasteiger partial charge is 0.257 e. The third-order valence-electron chi connectivity index (χ3n) is 3.71. The summed E-state index contributed by atoms with van der Waals surface area (Å²) in [5.74, 6) is 0.740. The fourth-order valence-corrected chi connectivity index (χ4v) is 2.62. The zero-order valence-electron chi connectivity index (χ0n) is 12.1. The Kier molecular flexibility index (Phi) is 5.35. The Hall–Kier alpha value is -1.62. The fourth-order valence-electron chi connectivity index (χ4n) is 2.62. The molecule has 5 nitrogen and oxygen atoms in total. The quantitative estimate of drug-likeness (QED) is 0.886. The van der Waals surface area contributed by atoms with E-state index in [0.717, 1.165) is 31.7 Å². The molecule has 0 aliphatic carbocycles. The first-order chi connectivity index (χ1) is 9.77. The van der Waals surface area contributed by atoms with Crippen molar-refractivity contribution in [1.82, 2.24) is 9.88 Å². The van der Waals surface area contributed by atoms with Crippen LogP contribution in [0.4, 0.5) is 5.82 Å². The Balaban J connectivity index is 2.24. The highest BCUT2D eigenvalue weighted by molar-refractivity contribution is 5.98. The van der Waals surface area contributed by atoms with E-state index >= 15 is 0 Å². The number of carbonyl (C=O) groups excluding carboxylic acids is 1. The van der Waals surface area contributed by atoms with Crippen LogP contribution in [0.25, 0.3) is 0 Å². The molecule has 0 saturated carbocycles. The highest BCUT2D eigenvalue weighted by Crippen LogP contribution is 2.22. The maximum atomic E-state index is 12.6. The SMILES string of the molecule is CCN(CCO)C(=O)c1cccnc1N1CCCCC1. The van der Waals surface area contributed by atoms with Crippen molar-refractivity contribution < 1.29 is 9.90 Å². The Morgan fingerprint density at radius 1 is 1.40 bits per heavy atom. The lowest BCUT2D eigenvalue weighted by Gasteiger charge is -2.30. The maximum Gasteiger partial charge on any atom is 0.257 e. The summed E-state index contributed by atoms with van der Waals surface area (Å²) in [5, 5.41) is 9.06. The first-order valence-corrected chi connectivity index (χ1v) is 7.38. The summed E-state index contributed by atoms with van der Waals surface area (Å²) in [6.45, 7) is 4.79. The summed E-state index contributed by atoms with van der Waals surface area (Å²) < 4.78 is 0. The second kappa shape index (κ2) is 7.24. The monoisotopic (exact) mass is 277 g/mol. The van der Waals surface area contributed by atoms with Crippen LogP contribution in [0.2, 0.25) is 0 Å². The van der Waals surface area contributed by atoms with E-state index in [1.54, 1.807) is 17.2 Å². The van der Waals surface area contributed by atoms with Crippen molar-refractivity contribution in [2.24, 2.45) is 0 Å². The normalized spacial score (nSPS) is 15.2. The van der Waals surface area contributed by atoms with E-state index in [9.17, 15) is 4.79 Å². The molecular formula is C15H23N3O2. The molecule has 2 rings (SSSR count). The number of nitrogens with zero attached hydrogens (tertiary/aromatic N) is 3. The number of hydrogen-bond acceptors (Lipinski definition) is 4. The van der Waals surface area contributed by atoms with Gasteiger partial charge in [0.2, 0.25) is 0 Å². The van der Waals surface area contributed by atoms with E-state index in [1.165, 1.54) is 6.42 Å². The highest BCUT2D eigenvalue weighted by Gasteiger charge is 2.22. The molecule has 20 heavy (non-hydrogen) atoms. The van der Waals surface area contributed by atoms with Crippen LogP contribution in [0.1, 0.15) is 36.5 Å². The van der Waals surface area contributed by atoms with E-state index in [-0.39, 0.29) is 12.5 Å². The zero-order chi connectivity index (χ0) is 14.4. The summed E-state index contributed by atoms with van der Waals surface area (Å²) in [5.41, 5.74) is 0.643. The minimum atomic E-state index is -0.0461. The highest BCUT2D eigenvalue weighted by atomic mass is 16.3. The van der Waals surface area contributed by atoms with Crippen LogP contribution >= 0.6 is 0 Å². The molecule has 1 aromatic rings. The molecule has 1 aromatic heterocycles. The van der Waals surface area contributed by atoms with Gasteiger partial charge in [0.1, 0.15) is 5.82 Å². The number of carbonyl (C=O) groups is 1. The topological polar surface area (TPSA) is 56.7 Å². The van der Waals surface area contributed by atoms with E-state index in [0.29, 0.717) is 18.7 Å². The number of anilines is 1. The van der Waals surface area contributed by atoms with Gasteiger partial charge < -0.3 is 14.9 Å². The van der Waals surface area contributed by atoms with Crippen LogP contribution in [0, 0.1) is 0 Å². The molecule has 0 unspecified atom stereocenters. The molecule has 0 spiro atoms. The lowest BCUT2D eigenvalue weighted by Crippen LogP contribution is -2.36. The van der Waals surface area contributed by atoms with Gasteiger partial charge in [-0.15, -0.1) is 0 Å². The van der Waals surface area contributed by atoms with Gasteiger partial charge in [-0.2, -0.15) is 0 Å². The van der Waals surface area contributed by atoms with Crippen molar-refractivity contribution in [3.63, 3.8) is 0 Å². The molecule has 1 saturated heterocycles. The van der Waals surface area contributed by atoms with Crippen molar-refractivity contribution >= 4 is 11.7 Å².